The van der Waals surface area contributed by atoms with Gasteiger partial charge >= 0.3 is 0 Å². The number of carbonyl (C=O) groups is 1. The van der Waals surface area contributed by atoms with Gasteiger partial charge in [0.25, 0.3) is 6.47 Å². The fraction of sp³-hybridized carbons (Fsp3) is 0.417. The molecule has 1 aromatic carbocycles. The lowest BCUT2D eigenvalue weighted by Gasteiger charge is -2.24. The topological polar surface area (TPSA) is 64.8 Å². The van der Waals surface area contributed by atoms with E-state index in [2.05, 4.69) is 4.90 Å². The lowest BCUT2D eigenvalue weighted by atomic mass is 10.2. The van der Waals surface area contributed by atoms with Crippen molar-refractivity contribution in [2.45, 2.75) is 0 Å². The van der Waals surface area contributed by atoms with Crippen LogP contribution in [0.15, 0.2) is 24.3 Å². The Morgan fingerprint density at radius 2 is 1.88 bits per heavy atom. The molecule has 0 unspecified atom stereocenters. The molecule has 0 saturated carbocycles. The van der Waals surface area contributed by atoms with Crippen molar-refractivity contribution in [2.75, 3.05) is 44.0 Å². The second-order valence-electron chi connectivity index (χ2n) is 3.54. The van der Waals surface area contributed by atoms with E-state index in [4.69, 9.17) is 15.2 Å². The van der Waals surface area contributed by atoms with Crippen LogP contribution >= 0.6 is 0 Å². The summed E-state index contributed by atoms with van der Waals surface area (Å²) in [5.74, 6) is 0. The molecule has 0 aromatic heterocycles. The smallest absolute Gasteiger partial charge is 0.293 e. The molecule has 0 amide bonds. The summed E-state index contributed by atoms with van der Waals surface area (Å²) < 4.78 is 9.75. The maximum absolute atomic E-state index is 10.1. The van der Waals surface area contributed by atoms with Crippen LogP contribution < -0.4 is 10.6 Å². The van der Waals surface area contributed by atoms with E-state index >= 15 is 0 Å². The number of nitrogens with zero attached hydrogens (tertiary/aromatic N) is 1. The maximum atomic E-state index is 10.1. The van der Waals surface area contributed by atoms with Crippen LogP contribution in [0.1, 0.15) is 0 Å². The van der Waals surface area contributed by atoms with Crippen molar-refractivity contribution >= 4 is 17.8 Å². The van der Waals surface area contributed by atoms with E-state index in [0.717, 1.165) is 17.9 Å². The summed E-state index contributed by atoms with van der Waals surface area (Å²) in [5, 5.41) is 0. The summed E-state index contributed by atoms with van der Waals surface area (Å²) in [7, 11) is 1.66. The molecule has 5 nitrogen and oxygen atoms in total. The predicted octanol–water partition coefficient (Wildman–Crippen LogP) is 0.895. The molecule has 0 heterocycles. The first kappa shape index (κ1) is 13.3. The van der Waals surface area contributed by atoms with E-state index in [-0.39, 0.29) is 0 Å². The zero-order chi connectivity index (χ0) is 12.5. The molecule has 0 saturated heterocycles. The largest absolute Gasteiger partial charge is 0.466 e. The number of hydrogen-bond donors (Lipinski definition) is 1. The summed E-state index contributed by atoms with van der Waals surface area (Å²) in [5.41, 5.74) is 7.39. The number of hydrogen-bond acceptors (Lipinski definition) is 5. The number of nitrogens with two attached hydrogens (primary N) is 1. The van der Waals surface area contributed by atoms with Gasteiger partial charge in [-0.15, -0.1) is 0 Å². The minimum absolute atomic E-state index is 0.359. The maximum Gasteiger partial charge on any atom is 0.293 e. The van der Waals surface area contributed by atoms with Crippen molar-refractivity contribution in [2.24, 2.45) is 0 Å². The van der Waals surface area contributed by atoms with Gasteiger partial charge in [-0.1, -0.05) is 0 Å². The molecule has 94 valence electrons. The third kappa shape index (κ3) is 4.74. The van der Waals surface area contributed by atoms with Crippen LogP contribution in [0.25, 0.3) is 0 Å². The lowest BCUT2D eigenvalue weighted by Crippen LogP contribution is -2.30. The van der Waals surface area contributed by atoms with Crippen LogP contribution in [0.2, 0.25) is 0 Å². The summed E-state index contributed by atoms with van der Waals surface area (Å²) >= 11 is 0. The summed E-state index contributed by atoms with van der Waals surface area (Å²) in [6.45, 7) is 2.80. The molecule has 0 aliphatic heterocycles. The molecule has 17 heavy (non-hydrogen) atoms. The van der Waals surface area contributed by atoms with Crippen molar-refractivity contribution in [3.05, 3.63) is 24.3 Å². The highest BCUT2D eigenvalue weighted by Crippen LogP contribution is 2.15. The van der Waals surface area contributed by atoms with Crippen LogP contribution in [0.5, 0.6) is 0 Å². The number of rotatable bonds is 8. The van der Waals surface area contributed by atoms with E-state index in [1.807, 2.05) is 24.3 Å². The molecule has 2 N–H and O–H groups in total. The lowest BCUT2D eigenvalue weighted by molar-refractivity contribution is -0.128. The number of benzene rings is 1. The number of carbonyl (C=O) groups excluding carboxylic acids is 1. The van der Waals surface area contributed by atoms with E-state index in [1.54, 1.807) is 7.11 Å². The van der Waals surface area contributed by atoms with Crippen molar-refractivity contribution < 1.29 is 14.3 Å². The van der Waals surface area contributed by atoms with E-state index < -0.39 is 0 Å². The Hall–Kier alpha value is -1.75. The van der Waals surface area contributed by atoms with Crippen molar-refractivity contribution in [3.63, 3.8) is 0 Å². The molecule has 0 atom stereocenters. The zero-order valence-corrected chi connectivity index (χ0v) is 9.96. The Labute approximate surface area is 101 Å². The Bertz CT molecular complexity index is 327. The van der Waals surface area contributed by atoms with Gasteiger partial charge < -0.3 is 20.1 Å². The minimum Gasteiger partial charge on any atom is -0.466 e. The van der Waals surface area contributed by atoms with Gasteiger partial charge in [0.05, 0.1) is 13.2 Å². The first-order valence-corrected chi connectivity index (χ1v) is 5.42. The van der Waals surface area contributed by atoms with Gasteiger partial charge in [-0.25, -0.2) is 0 Å². The number of methoxy groups -OCH3 is 1. The molecule has 0 aliphatic carbocycles. The Morgan fingerprint density at radius 3 is 2.47 bits per heavy atom. The van der Waals surface area contributed by atoms with Gasteiger partial charge in [-0.2, -0.15) is 0 Å². The van der Waals surface area contributed by atoms with E-state index in [0.29, 0.717) is 26.2 Å². The van der Waals surface area contributed by atoms with Crippen molar-refractivity contribution in [3.8, 4) is 0 Å². The average Bonchev–Trinajstić information content (AvgIpc) is 2.35. The third-order valence-corrected chi connectivity index (χ3v) is 2.37. The molecule has 5 heteroatoms. The van der Waals surface area contributed by atoms with Crippen LogP contribution in [-0.4, -0.2) is 39.9 Å². The Morgan fingerprint density at radius 1 is 1.24 bits per heavy atom. The summed E-state index contributed by atoms with van der Waals surface area (Å²) in [4.78, 5) is 12.2. The summed E-state index contributed by atoms with van der Waals surface area (Å²) in [6, 6.07) is 7.56. The zero-order valence-electron chi connectivity index (χ0n) is 9.96. The Kier molecular flexibility index (Phi) is 5.88. The summed E-state index contributed by atoms with van der Waals surface area (Å²) in [6.07, 6.45) is 0. The van der Waals surface area contributed by atoms with Crippen LogP contribution in [0.3, 0.4) is 0 Å². The molecule has 0 bridgehead atoms. The highest BCUT2D eigenvalue weighted by atomic mass is 16.5. The highest BCUT2D eigenvalue weighted by molar-refractivity contribution is 5.53. The fourth-order valence-corrected chi connectivity index (χ4v) is 1.47. The van der Waals surface area contributed by atoms with Crippen LogP contribution in [0, 0.1) is 0 Å². The fourth-order valence-electron chi connectivity index (χ4n) is 1.47. The van der Waals surface area contributed by atoms with Gasteiger partial charge in [-0.3, -0.25) is 4.79 Å². The highest BCUT2D eigenvalue weighted by Gasteiger charge is 2.05. The Balaban J connectivity index is 2.60. The predicted molar refractivity (Wildman–Crippen MR) is 67.0 cm³/mol. The molecule has 0 radical (unpaired) electrons. The molecule has 1 aromatic rings. The minimum atomic E-state index is 0.359. The van der Waals surface area contributed by atoms with Gasteiger partial charge in [0, 0.05) is 25.0 Å². The SMILES string of the molecule is COCCN(CCOC=O)c1ccc(N)cc1. The number of ether oxygens (including phenoxy) is 2. The second kappa shape index (κ2) is 7.51. The monoisotopic (exact) mass is 238 g/mol. The first-order valence-electron chi connectivity index (χ1n) is 5.42. The van der Waals surface area contributed by atoms with Crippen molar-refractivity contribution in [1.82, 2.24) is 0 Å². The van der Waals surface area contributed by atoms with Gasteiger partial charge in [0.15, 0.2) is 0 Å². The second-order valence-corrected chi connectivity index (χ2v) is 3.54. The number of anilines is 2. The third-order valence-electron chi connectivity index (χ3n) is 2.37. The van der Waals surface area contributed by atoms with E-state index in [9.17, 15) is 4.79 Å². The molecule has 0 spiro atoms. The van der Waals surface area contributed by atoms with Crippen molar-refractivity contribution in [1.29, 1.82) is 0 Å². The quantitative estimate of drug-likeness (QED) is 0.414. The molecule has 0 aliphatic rings. The van der Waals surface area contributed by atoms with Gasteiger partial charge in [0.1, 0.15) is 6.61 Å². The van der Waals surface area contributed by atoms with Gasteiger partial charge in [0.2, 0.25) is 0 Å². The van der Waals surface area contributed by atoms with Gasteiger partial charge in [-0.05, 0) is 24.3 Å². The van der Waals surface area contributed by atoms with E-state index in [1.165, 1.54) is 0 Å². The molecular formula is C12H18N2O3. The standard InChI is InChI=1S/C12H18N2O3/c1-16-8-6-14(7-9-17-10-15)12-4-2-11(13)3-5-12/h2-5,10H,6-9,13H2,1H3. The molecule has 0 fully saturated rings. The average molecular weight is 238 g/mol. The van der Waals surface area contributed by atoms with Crippen LogP contribution in [0.4, 0.5) is 11.4 Å². The normalized spacial score (nSPS) is 9.94. The molecule has 1 rings (SSSR count). The first-order chi connectivity index (χ1) is 8.27. The molecular weight excluding hydrogens is 220 g/mol. The van der Waals surface area contributed by atoms with Crippen LogP contribution in [-0.2, 0) is 14.3 Å². The number of nitrogen functional groups attached to an aromatic ring is 1.